The van der Waals surface area contributed by atoms with Crippen LogP contribution in [0.4, 0.5) is 15.8 Å². The molecule has 4 heterocycles. The number of carbonyl (C=O) groups is 1. The maximum Gasteiger partial charge on any atom is 0.256 e. The molecule has 0 saturated carbocycles. The lowest BCUT2D eigenvalue weighted by molar-refractivity contribution is 0.102. The van der Waals surface area contributed by atoms with E-state index in [0.29, 0.717) is 29.0 Å². The third-order valence-corrected chi connectivity index (χ3v) is 5.78. The first kappa shape index (κ1) is 20.4. The lowest BCUT2D eigenvalue weighted by Gasteiger charge is -2.38. The van der Waals surface area contributed by atoms with E-state index in [0.717, 1.165) is 29.7 Å². The number of rotatable bonds is 3. The molecule has 8 heteroatoms. The van der Waals surface area contributed by atoms with Crippen LogP contribution in [-0.2, 0) is 0 Å². The maximum absolute atomic E-state index is 14.4. The molecule has 4 aromatic rings. The Kier molecular flexibility index (Phi) is 5.01. The Morgan fingerprint density at radius 1 is 1.19 bits per heavy atom. The van der Waals surface area contributed by atoms with Gasteiger partial charge in [-0.2, -0.15) is 0 Å². The maximum atomic E-state index is 14.4. The quantitative estimate of drug-likeness (QED) is 0.516. The molecular formula is C24H25FN6O. The van der Waals surface area contributed by atoms with Crippen molar-refractivity contribution in [3.05, 3.63) is 66.0 Å². The normalized spacial score (nSPS) is 18.9. The van der Waals surface area contributed by atoms with Crippen molar-refractivity contribution in [3.8, 4) is 0 Å². The minimum atomic E-state index is -0.486. The number of nitrogens with zero attached hydrogens (tertiary/aromatic N) is 4. The largest absolute Gasteiger partial charge is 0.367 e. The van der Waals surface area contributed by atoms with E-state index in [1.165, 1.54) is 6.07 Å². The van der Waals surface area contributed by atoms with Crippen molar-refractivity contribution in [3.63, 3.8) is 0 Å². The minimum Gasteiger partial charge on any atom is -0.367 e. The second kappa shape index (κ2) is 7.87. The van der Waals surface area contributed by atoms with Gasteiger partial charge in [-0.15, -0.1) is 0 Å². The first-order valence-electron chi connectivity index (χ1n) is 10.7. The molecule has 1 aromatic carbocycles. The van der Waals surface area contributed by atoms with E-state index >= 15 is 0 Å². The Morgan fingerprint density at radius 3 is 2.75 bits per heavy atom. The van der Waals surface area contributed by atoms with Crippen LogP contribution in [0.1, 0.15) is 29.9 Å². The summed E-state index contributed by atoms with van der Waals surface area (Å²) in [6.45, 7) is 7.86. The van der Waals surface area contributed by atoms with Crippen LogP contribution < -0.4 is 15.5 Å². The van der Waals surface area contributed by atoms with E-state index in [-0.39, 0.29) is 11.6 Å². The summed E-state index contributed by atoms with van der Waals surface area (Å²) in [5.41, 5.74) is 3.60. The summed E-state index contributed by atoms with van der Waals surface area (Å²) in [6.07, 6.45) is 5.12. The number of carbonyl (C=O) groups excluding carboxylic acids is 1. The molecule has 0 aliphatic carbocycles. The summed E-state index contributed by atoms with van der Waals surface area (Å²) in [6, 6.07) is 9.51. The summed E-state index contributed by atoms with van der Waals surface area (Å²) >= 11 is 0. The summed E-state index contributed by atoms with van der Waals surface area (Å²) in [5.74, 6) is -0.799. The van der Waals surface area contributed by atoms with Crippen LogP contribution in [0.3, 0.4) is 0 Å². The van der Waals surface area contributed by atoms with Gasteiger partial charge >= 0.3 is 0 Å². The fraction of sp³-hybridized carbons (Fsp3) is 0.292. The smallest absolute Gasteiger partial charge is 0.256 e. The molecule has 1 aliphatic heterocycles. The number of imidazole rings is 1. The topological polar surface area (TPSA) is 74.6 Å². The number of hydrogen-bond acceptors (Lipinski definition) is 5. The molecule has 1 saturated heterocycles. The van der Waals surface area contributed by atoms with E-state index in [1.807, 2.05) is 24.3 Å². The first-order chi connectivity index (χ1) is 15.4. The zero-order valence-electron chi connectivity index (χ0n) is 18.3. The lowest BCUT2D eigenvalue weighted by Crippen LogP contribution is -2.54. The number of benzene rings is 1. The number of amides is 1. The molecule has 3 aromatic heterocycles. The highest BCUT2D eigenvalue weighted by molar-refractivity contribution is 6.14. The second-order valence-corrected chi connectivity index (χ2v) is 8.55. The van der Waals surface area contributed by atoms with Crippen molar-refractivity contribution in [2.45, 2.75) is 32.9 Å². The number of hydrogen-bond donors (Lipinski definition) is 2. The van der Waals surface area contributed by atoms with Gasteiger partial charge in [-0.1, -0.05) is 6.07 Å². The second-order valence-electron chi connectivity index (χ2n) is 8.55. The van der Waals surface area contributed by atoms with Gasteiger partial charge in [-0.05, 0) is 39.0 Å². The molecule has 32 heavy (non-hydrogen) atoms. The zero-order valence-corrected chi connectivity index (χ0v) is 18.3. The highest BCUT2D eigenvalue weighted by Crippen LogP contribution is 2.30. The monoisotopic (exact) mass is 432 g/mol. The number of anilines is 2. The van der Waals surface area contributed by atoms with E-state index in [9.17, 15) is 9.18 Å². The van der Waals surface area contributed by atoms with Crippen LogP contribution in [0.5, 0.6) is 0 Å². The van der Waals surface area contributed by atoms with Crippen molar-refractivity contribution in [1.29, 1.82) is 0 Å². The molecule has 164 valence electrons. The zero-order chi connectivity index (χ0) is 22.4. The summed E-state index contributed by atoms with van der Waals surface area (Å²) < 4.78 is 16.0. The Hall–Kier alpha value is -3.52. The van der Waals surface area contributed by atoms with Gasteiger partial charge in [0.05, 0.1) is 22.6 Å². The van der Waals surface area contributed by atoms with Gasteiger partial charge in [0, 0.05) is 60.8 Å². The molecule has 0 spiro atoms. The minimum absolute atomic E-state index is 0.235. The number of pyridine rings is 2. The van der Waals surface area contributed by atoms with Gasteiger partial charge in [0.25, 0.3) is 5.91 Å². The Morgan fingerprint density at radius 2 is 1.97 bits per heavy atom. The van der Waals surface area contributed by atoms with Gasteiger partial charge in [-0.3, -0.25) is 9.78 Å². The van der Waals surface area contributed by atoms with Gasteiger partial charge in [-0.25, -0.2) is 9.37 Å². The molecule has 2 atom stereocenters. The molecular weight excluding hydrogens is 407 g/mol. The number of halogens is 1. The third-order valence-electron chi connectivity index (χ3n) is 5.78. The van der Waals surface area contributed by atoms with Crippen LogP contribution in [-0.4, -0.2) is 45.4 Å². The molecule has 7 nitrogen and oxygen atoms in total. The van der Waals surface area contributed by atoms with Crippen LogP contribution in [0.15, 0.2) is 48.9 Å². The molecule has 2 N–H and O–H groups in total. The van der Waals surface area contributed by atoms with Gasteiger partial charge in [0.15, 0.2) is 11.5 Å². The van der Waals surface area contributed by atoms with Crippen LogP contribution in [0.2, 0.25) is 0 Å². The van der Waals surface area contributed by atoms with Crippen LogP contribution >= 0.6 is 0 Å². The van der Waals surface area contributed by atoms with Crippen molar-refractivity contribution in [1.82, 2.24) is 19.7 Å². The fourth-order valence-electron chi connectivity index (χ4n) is 4.58. The van der Waals surface area contributed by atoms with Gasteiger partial charge in [0.2, 0.25) is 0 Å². The molecule has 5 rings (SSSR count). The number of piperazine rings is 1. The number of fused-ring (bicyclic) bond motifs is 2. The average molecular weight is 433 g/mol. The van der Waals surface area contributed by atoms with Crippen LogP contribution in [0, 0.1) is 12.7 Å². The predicted octanol–water partition coefficient (Wildman–Crippen LogP) is 3.77. The first-order valence-corrected chi connectivity index (χ1v) is 10.7. The fourth-order valence-corrected chi connectivity index (χ4v) is 4.58. The highest BCUT2D eigenvalue weighted by atomic mass is 19.1. The third kappa shape index (κ3) is 3.67. The van der Waals surface area contributed by atoms with E-state index < -0.39 is 5.82 Å². The Balaban J connectivity index is 1.50. The van der Waals surface area contributed by atoms with Crippen molar-refractivity contribution >= 4 is 33.8 Å². The lowest BCUT2D eigenvalue weighted by atomic mass is 10.0. The number of nitrogens with one attached hydrogen (secondary N) is 2. The Labute approximate surface area is 185 Å². The SMILES string of the molecule is Cc1cn2cc(NC(=O)c3ccc(N4C[C@@H](C)N[C@@H](C)C4)c4ncccc34)cc(F)c2n1. The summed E-state index contributed by atoms with van der Waals surface area (Å²) in [7, 11) is 0. The Bertz CT molecular complexity index is 1320. The molecule has 1 amide bonds. The van der Waals surface area contributed by atoms with E-state index in [4.69, 9.17) is 0 Å². The number of aromatic nitrogens is 3. The van der Waals surface area contributed by atoms with Gasteiger partial charge < -0.3 is 19.9 Å². The van der Waals surface area contributed by atoms with E-state index in [1.54, 1.807) is 29.9 Å². The number of aryl methyl sites for hydroxylation is 1. The predicted molar refractivity (Wildman–Crippen MR) is 124 cm³/mol. The molecule has 0 bridgehead atoms. The van der Waals surface area contributed by atoms with E-state index in [2.05, 4.69) is 39.3 Å². The van der Waals surface area contributed by atoms with Crippen molar-refractivity contribution < 1.29 is 9.18 Å². The summed E-state index contributed by atoms with van der Waals surface area (Å²) in [4.78, 5) is 24.2. The highest BCUT2D eigenvalue weighted by Gasteiger charge is 2.24. The van der Waals surface area contributed by atoms with Crippen molar-refractivity contribution in [2.24, 2.45) is 0 Å². The summed E-state index contributed by atoms with van der Waals surface area (Å²) in [5, 5.41) is 7.13. The molecule has 0 radical (unpaired) electrons. The molecule has 1 aliphatic rings. The van der Waals surface area contributed by atoms with Gasteiger partial charge in [0.1, 0.15) is 0 Å². The standard InChI is InChI=1S/C24H25FN6O/c1-14-10-30(11-15(2)27-14)21-7-6-19(18-5-4-8-26-22(18)21)24(32)29-17-9-20(25)23-28-16(3)12-31(23)13-17/h4-9,12-15,27H,10-11H2,1-3H3,(H,29,32)/t14-,15+. The van der Waals surface area contributed by atoms with Crippen LogP contribution in [0.25, 0.3) is 16.6 Å². The van der Waals surface area contributed by atoms with Crippen molar-refractivity contribution in [2.75, 3.05) is 23.3 Å². The molecule has 1 fully saturated rings. The molecule has 0 unspecified atom stereocenters. The average Bonchev–Trinajstić information content (AvgIpc) is 3.13.